The molecule has 0 amide bonds. The highest BCUT2D eigenvalue weighted by Crippen LogP contribution is 2.50. The number of Topliss-reactive ketones (excluding diaryl/α,β-unsaturated/α-hetero) is 2. The van der Waals surface area contributed by atoms with Gasteiger partial charge in [0.2, 0.25) is 0 Å². The molecule has 0 bridgehead atoms. The average molecular weight is 577 g/mol. The third kappa shape index (κ3) is 4.36. The van der Waals surface area contributed by atoms with Crippen LogP contribution in [0.4, 0.5) is 0 Å². The average Bonchev–Trinajstić information content (AvgIpc) is 2.82. The van der Waals surface area contributed by atoms with Gasteiger partial charge in [-0.15, -0.1) is 0 Å². The highest BCUT2D eigenvalue weighted by molar-refractivity contribution is 9.10. The van der Waals surface area contributed by atoms with Gasteiger partial charge in [0.15, 0.2) is 11.6 Å². The quantitative estimate of drug-likeness (QED) is 0.421. The molecule has 3 aliphatic rings. The van der Waals surface area contributed by atoms with Crippen molar-refractivity contribution in [3.05, 3.63) is 80.1 Å². The topological polar surface area (TPSA) is 80.8 Å². The molecule has 0 atom stereocenters. The molecule has 0 saturated heterocycles. The minimum absolute atomic E-state index is 0.0143. The lowest BCUT2D eigenvalue weighted by Crippen LogP contribution is -2.37. The molecule has 0 radical (unpaired) electrons. The lowest BCUT2D eigenvalue weighted by atomic mass is 9.71. The number of halogens is 2. The van der Waals surface area contributed by atoms with Crippen molar-refractivity contribution in [2.24, 2.45) is 0 Å². The summed E-state index contributed by atoms with van der Waals surface area (Å²) in [6.07, 6.45) is 3.75. The number of carbonyl (C=O) groups is 2. The maximum absolute atomic E-state index is 13.3. The number of allylic oxidation sites excluding steroid dienone is 4. The summed E-state index contributed by atoms with van der Waals surface area (Å²) in [4.78, 5) is 28.5. The van der Waals surface area contributed by atoms with Gasteiger partial charge in [-0.1, -0.05) is 27.5 Å². The van der Waals surface area contributed by atoms with E-state index in [-0.39, 0.29) is 22.2 Å². The van der Waals surface area contributed by atoms with Crippen LogP contribution >= 0.6 is 27.5 Å². The van der Waals surface area contributed by atoms with Gasteiger partial charge in [-0.2, -0.15) is 8.42 Å². The van der Waals surface area contributed by atoms with E-state index in [0.29, 0.717) is 39.0 Å². The Hall–Kier alpha value is -2.42. The first kappa shape index (κ1) is 24.3. The molecule has 182 valence electrons. The van der Waals surface area contributed by atoms with Crippen molar-refractivity contribution in [1.82, 2.24) is 4.90 Å². The molecule has 2 aromatic carbocycles. The summed E-state index contributed by atoms with van der Waals surface area (Å²) in [5.41, 5.74) is 3.44. The minimum Gasteiger partial charge on any atom is -0.379 e. The Labute approximate surface area is 217 Å². The number of carbonyl (C=O) groups excluding carboxylic acids is 2. The Morgan fingerprint density at radius 1 is 0.914 bits per heavy atom. The monoisotopic (exact) mass is 575 g/mol. The van der Waals surface area contributed by atoms with Crippen LogP contribution in [0.5, 0.6) is 5.75 Å². The van der Waals surface area contributed by atoms with E-state index in [1.165, 1.54) is 24.3 Å². The van der Waals surface area contributed by atoms with Crippen molar-refractivity contribution in [3.8, 4) is 5.75 Å². The van der Waals surface area contributed by atoms with E-state index in [4.69, 9.17) is 15.8 Å². The molecule has 9 heteroatoms. The van der Waals surface area contributed by atoms with Gasteiger partial charge >= 0.3 is 10.1 Å². The van der Waals surface area contributed by atoms with Crippen LogP contribution in [0, 0.1) is 0 Å². The van der Waals surface area contributed by atoms with Crippen molar-refractivity contribution in [3.63, 3.8) is 0 Å². The number of hydrogen-bond donors (Lipinski definition) is 0. The van der Waals surface area contributed by atoms with Crippen molar-refractivity contribution in [1.29, 1.82) is 0 Å². The van der Waals surface area contributed by atoms with Gasteiger partial charge in [-0.3, -0.25) is 9.59 Å². The van der Waals surface area contributed by atoms with Crippen LogP contribution in [0.15, 0.2) is 74.4 Å². The minimum atomic E-state index is -4.19. The van der Waals surface area contributed by atoms with Gasteiger partial charge in [-0.05, 0) is 68.1 Å². The predicted octanol–water partition coefficient (Wildman–Crippen LogP) is 5.91. The lowest BCUT2D eigenvalue weighted by Gasteiger charge is -2.42. The van der Waals surface area contributed by atoms with Crippen LogP contribution in [0.25, 0.3) is 0 Å². The van der Waals surface area contributed by atoms with Gasteiger partial charge in [0, 0.05) is 63.4 Å². The first-order valence-electron chi connectivity index (χ1n) is 11.4. The zero-order chi connectivity index (χ0) is 24.9. The van der Waals surface area contributed by atoms with Crippen LogP contribution in [0.2, 0.25) is 5.02 Å². The Kier molecular flexibility index (Phi) is 6.40. The maximum Gasteiger partial charge on any atom is 0.339 e. The number of nitrogens with zero attached hydrogens (tertiary/aromatic N) is 1. The SMILES string of the molecule is CN1C2=C(C(=O)CCC2)C(c2cc(Br)ccc2OS(=O)(=O)c2ccc(Cl)cc2)C2=C1CCCC2=O. The molecule has 0 fully saturated rings. The summed E-state index contributed by atoms with van der Waals surface area (Å²) >= 11 is 9.40. The molecule has 0 unspecified atom stereocenters. The summed E-state index contributed by atoms with van der Waals surface area (Å²) in [5.74, 6) is -0.614. The number of hydrogen-bond acceptors (Lipinski definition) is 6. The fourth-order valence-electron chi connectivity index (χ4n) is 5.25. The van der Waals surface area contributed by atoms with Crippen molar-refractivity contribution in [2.45, 2.75) is 49.3 Å². The molecule has 6 nitrogen and oxygen atoms in total. The number of benzene rings is 2. The fourth-order valence-corrected chi connectivity index (χ4v) is 6.71. The number of ketones is 2. The van der Waals surface area contributed by atoms with Crippen LogP contribution in [-0.2, 0) is 19.7 Å². The zero-order valence-corrected chi connectivity index (χ0v) is 22.2. The van der Waals surface area contributed by atoms with Crippen LogP contribution in [-0.4, -0.2) is 31.9 Å². The Bertz CT molecular complexity index is 1370. The van der Waals surface area contributed by atoms with E-state index in [1.54, 1.807) is 18.2 Å². The molecule has 2 aromatic rings. The second-order valence-corrected chi connectivity index (χ2v) is 11.8. The molecular formula is C26H23BrClNO5S. The first-order chi connectivity index (χ1) is 16.7. The smallest absolute Gasteiger partial charge is 0.339 e. The first-order valence-corrected chi connectivity index (χ1v) is 14.0. The largest absolute Gasteiger partial charge is 0.379 e. The van der Waals surface area contributed by atoms with E-state index in [2.05, 4.69) is 15.9 Å². The highest BCUT2D eigenvalue weighted by atomic mass is 79.9. The van der Waals surface area contributed by atoms with Crippen molar-refractivity contribution < 1.29 is 22.2 Å². The van der Waals surface area contributed by atoms with E-state index in [9.17, 15) is 18.0 Å². The molecule has 2 aliphatic carbocycles. The summed E-state index contributed by atoms with van der Waals surface area (Å²) < 4.78 is 32.6. The molecule has 35 heavy (non-hydrogen) atoms. The van der Waals surface area contributed by atoms with Gasteiger partial charge in [0.1, 0.15) is 10.6 Å². The van der Waals surface area contributed by atoms with Gasteiger partial charge in [0.25, 0.3) is 0 Å². The van der Waals surface area contributed by atoms with E-state index < -0.39 is 16.0 Å². The van der Waals surface area contributed by atoms with Gasteiger partial charge in [-0.25, -0.2) is 0 Å². The predicted molar refractivity (Wildman–Crippen MR) is 136 cm³/mol. The van der Waals surface area contributed by atoms with Gasteiger partial charge in [0.05, 0.1) is 0 Å². The summed E-state index contributed by atoms with van der Waals surface area (Å²) in [6.45, 7) is 0. The van der Waals surface area contributed by atoms with E-state index >= 15 is 0 Å². The molecular weight excluding hydrogens is 554 g/mol. The molecule has 0 spiro atoms. The van der Waals surface area contributed by atoms with Crippen molar-refractivity contribution >= 4 is 49.2 Å². The second-order valence-electron chi connectivity index (χ2n) is 8.94. The third-order valence-corrected chi connectivity index (χ3v) is 8.82. The van der Waals surface area contributed by atoms with Crippen LogP contribution < -0.4 is 4.18 Å². The third-order valence-electron chi connectivity index (χ3n) is 6.83. The zero-order valence-electron chi connectivity index (χ0n) is 19.0. The molecule has 5 rings (SSSR count). The van der Waals surface area contributed by atoms with E-state index in [1.807, 2.05) is 11.9 Å². The van der Waals surface area contributed by atoms with Crippen LogP contribution in [0.1, 0.15) is 50.0 Å². The maximum atomic E-state index is 13.3. The molecule has 1 heterocycles. The fraction of sp³-hybridized carbons (Fsp3) is 0.308. The summed E-state index contributed by atoms with van der Waals surface area (Å²) in [7, 11) is -2.27. The summed E-state index contributed by atoms with van der Waals surface area (Å²) in [5, 5.41) is 0.408. The molecule has 1 aliphatic heterocycles. The Balaban J connectivity index is 1.69. The normalized spacial score (nSPS) is 19.1. The molecule has 0 aromatic heterocycles. The van der Waals surface area contributed by atoms with Gasteiger partial charge < -0.3 is 9.08 Å². The summed E-state index contributed by atoms with van der Waals surface area (Å²) in [6, 6.07) is 10.7. The molecule has 0 saturated carbocycles. The Morgan fingerprint density at radius 2 is 1.49 bits per heavy atom. The highest BCUT2D eigenvalue weighted by Gasteiger charge is 2.43. The van der Waals surface area contributed by atoms with E-state index in [0.717, 1.165) is 37.1 Å². The standard InChI is InChI=1S/C26H23BrClNO5S/c1-29-19-4-2-6-21(30)25(19)24(26-20(29)5-3-7-22(26)31)18-14-15(27)8-13-23(18)34-35(32,33)17-11-9-16(28)10-12-17/h8-14,24H,2-7H2,1H3. The lowest BCUT2D eigenvalue weighted by molar-refractivity contribution is -0.117. The Morgan fingerprint density at radius 3 is 2.06 bits per heavy atom. The number of rotatable bonds is 4. The van der Waals surface area contributed by atoms with Crippen LogP contribution in [0.3, 0.4) is 0 Å². The molecule has 0 N–H and O–H groups in total. The van der Waals surface area contributed by atoms with Crippen molar-refractivity contribution in [2.75, 3.05) is 7.05 Å². The second kappa shape index (κ2) is 9.22.